The molecule has 0 atom stereocenters. The molecule has 7 nitrogen and oxygen atoms in total. The van der Waals surface area contributed by atoms with Gasteiger partial charge in [-0.15, -0.1) is 0 Å². The fourth-order valence-electron chi connectivity index (χ4n) is 4.54. The van der Waals surface area contributed by atoms with Gasteiger partial charge in [-0.1, -0.05) is 25.1 Å². The summed E-state index contributed by atoms with van der Waals surface area (Å²) in [7, 11) is 7.22. The third kappa shape index (κ3) is 3.68. The highest BCUT2D eigenvalue weighted by atomic mass is 16.5. The average molecular weight is 448 g/mol. The van der Waals surface area contributed by atoms with Gasteiger partial charge in [0.2, 0.25) is 0 Å². The second-order valence-electron chi connectivity index (χ2n) is 8.50. The summed E-state index contributed by atoms with van der Waals surface area (Å²) in [6.45, 7) is 3.25. The first-order valence-electron chi connectivity index (χ1n) is 11.0. The number of hydrogen-bond donors (Lipinski definition) is 1. The summed E-state index contributed by atoms with van der Waals surface area (Å²) in [5.41, 5.74) is 5.31. The van der Waals surface area contributed by atoms with Crippen LogP contribution in [-0.4, -0.2) is 72.5 Å². The van der Waals surface area contributed by atoms with Crippen LogP contribution in [-0.2, 0) is 6.42 Å². The van der Waals surface area contributed by atoms with Crippen molar-refractivity contribution in [2.75, 3.05) is 41.3 Å². The Bertz CT molecular complexity index is 1320. The van der Waals surface area contributed by atoms with E-state index in [0.717, 1.165) is 34.4 Å². The van der Waals surface area contributed by atoms with Gasteiger partial charge in [-0.25, -0.2) is 4.79 Å². The number of aromatic carboxylic acids is 1. The molecule has 33 heavy (non-hydrogen) atoms. The molecule has 3 aromatic heterocycles. The van der Waals surface area contributed by atoms with E-state index in [9.17, 15) is 14.7 Å². The molecule has 0 fully saturated rings. The molecule has 0 saturated carbocycles. The fourth-order valence-corrected chi connectivity index (χ4v) is 4.54. The van der Waals surface area contributed by atoms with Crippen LogP contribution >= 0.6 is 0 Å². The second kappa shape index (κ2) is 8.75. The second-order valence-corrected chi connectivity index (χ2v) is 8.50. The number of methoxy groups -OCH3 is 1. The third-order valence-electron chi connectivity index (χ3n) is 6.19. The Balaban J connectivity index is 2.06. The van der Waals surface area contributed by atoms with Crippen LogP contribution in [0.25, 0.3) is 27.7 Å². The molecule has 0 aliphatic carbocycles. The molecular weight excluding hydrogens is 418 g/mol. The summed E-state index contributed by atoms with van der Waals surface area (Å²) in [6.07, 6.45) is 0.745. The van der Waals surface area contributed by atoms with E-state index in [1.165, 1.54) is 0 Å². The quantitative estimate of drug-likeness (QED) is 0.440. The molecular formula is C26H29N3O4. The van der Waals surface area contributed by atoms with Crippen molar-refractivity contribution in [2.45, 2.75) is 13.3 Å². The summed E-state index contributed by atoms with van der Waals surface area (Å²) in [4.78, 5) is 29.7. The number of benzene rings is 1. The zero-order valence-corrected chi connectivity index (χ0v) is 19.7. The normalized spacial score (nSPS) is 11.6. The number of nitrogens with zero attached hydrogens (tertiary/aromatic N) is 3. The van der Waals surface area contributed by atoms with Crippen molar-refractivity contribution in [2.24, 2.45) is 0 Å². The fraction of sp³-hybridized carbons (Fsp3) is 0.308. The lowest BCUT2D eigenvalue weighted by molar-refractivity contribution is 0.0684. The number of carboxylic acids is 1. The Kier molecular flexibility index (Phi) is 5.99. The van der Waals surface area contributed by atoms with Crippen molar-refractivity contribution in [3.63, 3.8) is 0 Å². The number of pyridine rings is 1. The molecule has 7 heteroatoms. The highest BCUT2D eigenvalue weighted by Crippen LogP contribution is 2.42. The van der Waals surface area contributed by atoms with Gasteiger partial charge < -0.3 is 24.0 Å². The summed E-state index contributed by atoms with van der Waals surface area (Å²) in [5, 5.41) is 10.2. The maximum Gasteiger partial charge on any atom is 0.338 e. The molecule has 0 bridgehead atoms. The van der Waals surface area contributed by atoms with Gasteiger partial charge in [-0.3, -0.25) is 4.79 Å². The van der Waals surface area contributed by atoms with Gasteiger partial charge in [-0.2, -0.15) is 0 Å². The number of likely N-dealkylation sites (N-methyl/N-ethyl adjacent to an activating group) is 2. The van der Waals surface area contributed by atoms with E-state index in [1.54, 1.807) is 25.1 Å². The first kappa shape index (κ1) is 22.6. The number of aryl methyl sites for hydroxylation is 1. The van der Waals surface area contributed by atoms with Crippen molar-refractivity contribution in [3.8, 4) is 16.9 Å². The van der Waals surface area contributed by atoms with Gasteiger partial charge in [0.05, 0.1) is 34.8 Å². The standard InChI is InChI=1S/C26H29N3O4/c1-6-18-19-8-7-9-20-22(26(31)32)23(25(30)28(4)15-14-27(2)3)24(29(19)20)21(18)16-10-12-17(33-5)13-11-16/h7-13H,6,14-15H2,1-5H3,(H,31,32). The topological polar surface area (TPSA) is 74.5 Å². The van der Waals surface area contributed by atoms with Gasteiger partial charge in [-0.05, 0) is 55.9 Å². The average Bonchev–Trinajstić information content (AvgIpc) is 3.33. The number of aromatic nitrogens is 1. The maximum absolute atomic E-state index is 13.7. The van der Waals surface area contributed by atoms with E-state index in [2.05, 4.69) is 6.92 Å². The molecule has 3 heterocycles. The molecule has 0 saturated heterocycles. The molecule has 0 unspecified atom stereocenters. The molecule has 0 aliphatic heterocycles. The number of hydrogen-bond acceptors (Lipinski definition) is 4. The molecule has 1 amide bonds. The minimum Gasteiger partial charge on any atom is -0.497 e. The lowest BCUT2D eigenvalue weighted by atomic mass is 9.96. The van der Waals surface area contributed by atoms with Crippen molar-refractivity contribution in [3.05, 3.63) is 59.2 Å². The van der Waals surface area contributed by atoms with E-state index in [1.807, 2.05) is 59.8 Å². The third-order valence-corrected chi connectivity index (χ3v) is 6.19. The van der Waals surface area contributed by atoms with Crippen LogP contribution in [0.15, 0.2) is 42.5 Å². The van der Waals surface area contributed by atoms with Gasteiger partial charge in [0.1, 0.15) is 5.75 Å². The predicted molar refractivity (Wildman–Crippen MR) is 130 cm³/mol. The number of carbonyl (C=O) groups excluding carboxylic acids is 1. The van der Waals surface area contributed by atoms with Crippen LogP contribution in [0.5, 0.6) is 5.75 Å². The van der Waals surface area contributed by atoms with Gasteiger partial charge in [0, 0.05) is 25.7 Å². The maximum atomic E-state index is 13.7. The zero-order valence-electron chi connectivity index (χ0n) is 19.7. The van der Waals surface area contributed by atoms with Gasteiger partial charge in [0.15, 0.2) is 0 Å². The molecule has 1 N–H and O–H groups in total. The lowest BCUT2D eigenvalue weighted by Gasteiger charge is -2.20. The molecule has 1 aromatic carbocycles. The van der Waals surface area contributed by atoms with Crippen LogP contribution < -0.4 is 4.74 Å². The number of carbonyl (C=O) groups is 2. The Labute approximate surface area is 193 Å². The van der Waals surface area contributed by atoms with Gasteiger partial charge in [0.25, 0.3) is 5.91 Å². The number of rotatable bonds is 8. The van der Waals surface area contributed by atoms with E-state index >= 15 is 0 Å². The smallest absolute Gasteiger partial charge is 0.338 e. The SMILES string of the molecule is CCc1c(-c2ccc(OC)cc2)c2c(C(=O)N(C)CCN(C)C)c(C(=O)O)c3cccc1n32. The predicted octanol–water partition coefficient (Wildman–Crippen LogP) is 4.10. The minimum absolute atomic E-state index is 0.0507. The highest BCUT2D eigenvalue weighted by molar-refractivity contribution is 6.19. The minimum atomic E-state index is -1.10. The lowest BCUT2D eigenvalue weighted by Crippen LogP contribution is -2.34. The van der Waals surface area contributed by atoms with Crippen LogP contribution in [0.1, 0.15) is 33.2 Å². The molecule has 4 rings (SSSR count). The van der Waals surface area contributed by atoms with E-state index in [-0.39, 0.29) is 17.0 Å². The Morgan fingerprint density at radius 3 is 2.21 bits per heavy atom. The van der Waals surface area contributed by atoms with Crippen LogP contribution in [0, 0.1) is 0 Å². The van der Waals surface area contributed by atoms with Crippen molar-refractivity contribution in [1.29, 1.82) is 0 Å². The van der Waals surface area contributed by atoms with Crippen molar-refractivity contribution < 1.29 is 19.4 Å². The number of carboxylic acid groups (broad SMARTS) is 1. The summed E-state index contributed by atoms with van der Waals surface area (Å²) >= 11 is 0. The Morgan fingerprint density at radius 1 is 0.970 bits per heavy atom. The van der Waals surface area contributed by atoms with E-state index in [4.69, 9.17) is 4.74 Å². The monoisotopic (exact) mass is 447 g/mol. The first-order chi connectivity index (χ1) is 15.8. The van der Waals surface area contributed by atoms with E-state index in [0.29, 0.717) is 24.1 Å². The number of ether oxygens (including phenoxy) is 1. The van der Waals surface area contributed by atoms with E-state index < -0.39 is 5.97 Å². The van der Waals surface area contributed by atoms with Crippen molar-refractivity contribution >= 4 is 28.4 Å². The zero-order chi connectivity index (χ0) is 23.9. The van der Waals surface area contributed by atoms with Gasteiger partial charge >= 0.3 is 5.97 Å². The summed E-state index contributed by atoms with van der Waals surface area (Å²) < 4.78 is 7.26. The summed E-state index contributed by atoms with van der Waals surface area (Å²) in [5.74, 6) is -0.657. The summed E-state index contributed by atoms with van der Waals surface area (Å²) in [6, 6.07) is 13.3. The van der Waals surface area contributed by atoms with Crippen LogP contribution in [0.4, 0.5) is 0 Å². The molecule has 0 aliphatic rings. The molecule has 0 radical (unpaired) electrons. The van der Waals surface area contributed by atoms with Crippen LogP contribution in [0.3, 0.4) is 0 Å². The highest BCUT2D eigenvalue weighted by Gasteiger charge is 2.32. The van der Waals surface area contributed by atoms with Crippen LogP contribution in [0.2, 0.25) is 0 Å². The molecule has 4 aromatic rings. The van der Waals surface area contributed by atoms with Crippen molar-refractivity contribution in [1.82, 2.24) is 14.2 Å². The number of amides is 1. The Hall–Kier alpha value is -3.58. The molecule has 172 valence electrons. The molecule has 0 spiro atoms. The Morgan fingerprint density at radius 2 is 1.64 bits per heavy atom. The first-order valence-corrected chi connectivity index (χ1v) is 11.0. The largest absolute Gasteiger partial charge is 0.497 e.